The topological polar surface area (TPSA) is 55.8 Å². The number of likely N-dealkylation sites (tertiary alicyclic amines) is 1. The Bertz CT molecular complexity index is 783. The lowest BCUT2D eigenvalue weighted by Gasteiger charge is -2.36. The zero-order chi connectivity index (χ0) is 33.6. The molecule has 5 heteroatoms. The Morgan fingerprint density at radius 2 is 1.17 bits per heavy atom. The number of hydrogen-bond donors (Lipinski definition) is 0. The van der Waals surface area contributed by atoms with Crippen molar-refractivity contribution in [3.05, 3.63) is 24.3 Å². The van der Waals surface area contributed by atoms with Crippen LogP contribution in [0.4, 0.5) is 0 Å². The van der Waals surface area contributed by atoms with Crippen molar-refractivity contribution < 1.29 is 19.1 Å². The molecule has 0 N–H and O–H groups in total. The summed E-state index contributed by atoms with van der Waals surface area (Å²) in [6, 6.07) is 0. The fourth-order valence-electron chi connectivity index (χ4n) is 6.19. The molecular weight excluding hydrogens is 570 g/mol. The van der Waals surface area contributed by atoms with Crippen molar-refractivity contribution in [3.63, 3.8) is 0 Å². The summed E-state index contributed by atoms with van der Waals surface area (Å²) in [6.07, 6.45) is 38.5. The zero-order valence-corrected chi connectivity index (χ0v) is 31.0. The summed E-state index contributed by atoms with van der Waals surface area (Å²) in [5.74, 6) is -0.175. The van der Waals surface area contributed by atoms with E-state index in [1.54, 1.807) is 0 Å². The molecule has 1 unspecified atom stereocenters. The van der Waals surface area contributed by atoms with Crippen molar-refractivity contribution in [2.24, 2.45) is 5.41 Å². The van der Waals surface area contributed by atoms with Gasteiger partial charge in [0.1, 0.15) is 6.10 Å². The quantitative estimate of drug-likeness (QED) is 0.0442. The third-order valence-electron chi connectivity index (χ3n) is 9.77. The first-order valence-corrected chi connectivity index (χ1v) is 19.8. The maximum absolute atomic E-state index is 13.2. The van der Waals surface area contributed by atoms with E-state index in [1.807, 2.05) is 0 Å². The van der Waals surface area contributed by atoms with Crippen molar-refractivity contribution >= 4 is 11.9 Å². The molecule has 46 heavy (non-hydrogen) atoms. The number of rotatable bonds is 30. The van der Waals surface area contributed by atoms with Crippen molar-refractivity contribution in [2.75, 3.05) is 26.7 Å². The van der Waals surface area contributed by atoms with Crippen molar-refractivity contribution in [2.45, 2.75) is 194 Å². The van der Waals surface area contributed by atoms with E-state index < -0.39 is 5.41 Å². The van der Waals surface area contributed by atoms with Crippen LogP contribution in [0.1, 0.15) is 188 Å². The van der Waals surface area contributed by atoms with E-state index in [-0.39, 0.29) is 18.0 Å². The van der Waals surface area contributed by atoms with Crippen LogP contribution in [0.5, 0.6) is 0 Å². The van der Waals surface area contributed by atoms with Gasteiger partial charge in [0.25, 0.3) is 0 Å². The Balaban J connectivity index is 2.24. The molecule has 268 valence electrons. The Morgan fingerprint density at radius 1 is 0.674 bits per heavy atom. The van der Waals surface area contributed by atoms with Crippen LogP contribution >= 0.6 is 0 Å². The van der Waals surface area contributed by atoms with Gasteiger partial charge in [0, 0.05) is 12.8 Å². The predicted octanol–water partition coefficient (Wildman–Crippen LogP) is 11.7. The average Bonchev–Trinajstić information content (AvgIpc) is 3.05. The Morgan fingerprint density at radius 3 is 1.78 bits per heavy atom. The van der Waals surface area contributed by atoms with Crippen molar-refractivity contribution in [1.29, 1.82) is 0 Å². The highest BCUT2D eigenvalue weighted by atomic mass is 16.6. The van der Waals surface area contributed by atoms with E-state index in [0.29, 0.717) is 19.4 Å². The molecule has 1 aliphatic heterocycles. The number of allylic oxidation sites excluding steroid dienone is 4. The summed E-state index contributed by atoms with van der Waals surface area (Å²) in [5.41, 5.74) is -0.402. The standard InChI is InChI=1S/C41H75NO4/c1-5-7-9-11-13-15-17-18-19-20-21-23-25-27-29-31-39(43)45-37-32-38(30-28-26-24-22-16-14-12-10-8-6-2)46-40(44)41(3)33-35-42(4)36-34-41/h13,15,18-19,38H,5-12,14,16-17,20-37H2,1-4H3/b15-13-,19-18-. The third kappa shape index (κ3) is 23.7. The van der Waals surface area contributed by atoms with Gasteiger partial charge in [-0.2, -0.15) is 0 Å². The molecule has 0 aromatic rings. The average molecular weight is 646 g/mol. The van der Waals surface area contributed by atoms with Gasteiger partial charge in [-0.25, -0.2) is 0 Å². The van der Waals surface area contributed by atoms with Gasteiger partial charge in [0.05, 0.1) is 12.0 Å². The number of nitrogens with zero attached hydrogens (tertiary/aromatic N) is 1. The lowest BCUT2D eigenvalue weighted by Crippen LogP contribution is -2.43. The van der Waals surface area contributed by atoms with Crippen molar-refractivity contribution in [1.82, 2.24) is 4.90 Å². The van der Waals surface area contributed by atoms with Gasteiger partial charge in [0.2, 0.25) is 0 Å². The minimum Gasteiger partial charge on any atom is -0.466 e. The van der Waals surface area contributed by atoms with Crippen LogP contribution in [0.2, 0.25) is 0 Å². The minimum atomic E-state index is -0.402. The molecule has 1 heterocycles. The second-order valence-electron chi connectivity index (χ2n) is 14.4. The van der Waals surface area contributed by atoms with Gasteiger partial charge < -0.3 is 14.4 Å². The highest BCUT2D eigenvalue weighted by molar-refractivity contribution is 5.76. The van der Waals surface area contributed by atoms with Gasteiger partial charge >= 0.3 is 11.9 Å². The van der Waals surface area contributed by atoms with Crippen molar-refractivity contribution in [3.8, 4) is 0 Å². The summed E-state index contributed by atoms with van der Waals surface area (Å²) >= 11 is 0. The third-order valence-corrected chi connectivity index (χ3v) is 9.77. The summed E-state index contributed by atoms with van der Waals surface area (Å²) in [5, 5.41) is 0. The van der Waals surface area contributed by atoms with Gasteiger partial charge in [-0.15, -0.1) is 0 Å². The fraction of sp³-hybridized carbons (Fsp3) is 0.854. The first-order valence-electron chi connectivity index (χ1n) is 19.8. The lowest BCUT2D eigenvalue weighted by molar-refractivity contribution is -0.165. The molecule has 0 radical (unpaired) electrons. The molecule has 1 atom stereocenters. The smallest absolute Gasteiger partial charge is 0.312 e. The number of esters is 2. The number of unbranched alkanes of at least 4 members (excludes halogenated alkanes) is 17. The van der Waals surface area contributed by atoms with Gasteiger partial charge in [-0.05, 0) is 91.3 Å². The fourth-order valence-corrected chi connectivity index (χ4v) is 6.19. The Labute approximate surface area is 285 Å². The zero-order valence-electron chi connectivity index (χ0n) is 31.0. The van der Waals surface area contributed by atoms with Crippen LogP contribution in [0.25, 0.3) is 0 Å². The van der Waals surface area contributed by atoms with Crippen LogP contribution in [0, 0.1) is 5.41 Å². The maximum Gasteiger partial charge on any atom is 0.312 e. The van der Waals surface area contributed by atoms with Gasteiger partial charge in [-0.1, -0.05) is 128 Å². The molecular formula is C41H75NO4. The van der Waals surface area contributed by atoms with Crippen LogP contribution < -0.4 is 0 Å². The molecule has 1 fully saturated rings. The van der Waals surface area contributed by atoms with E-state index in [1.165, 1.54) is 103 Å². The molecule has 1 saturated heterocycles. The highest BCUT2D eigenvalue weighted by Crippen LogP contribution is 2.33. The summed E-state index contributed by atoms with van der Waals surface area (Å²) in [4.78, 5) is 27.9. The van der Waals surface area contributed by atoms with Crippen LogP contribution in [0.15, 0.2) is 24.3 Å². The van der Waals surface area contributed by atoms with E-state index in [0.717, 1.165) is 64.5 Å². The number of hydrogen-bond acceptors (Lipinski definition) is 5. The first-order chi connectivity index (χ1) is 22.4. The van der Waals surface area contributed by atoms with Gasteiger partial charge in [0.15, 0.2) is 0 Å². The molecule has 1 rings (SSSR count). The molecule has 5 nitrogen and oxygen atoms in total. The van der Waals surface area contributed by atoms with Crippen LogP contribution in [-0.4, -0.2) is 49.7 Å². The second-order valence-corrected chi connectivity index (χ2v) is 14.4. The number of ether oxygens (including phenoxy) is 2. The predicted molar refractivity (Wildman–Crippen MR) is 196 cm³/mol. The molecule has 1 aliphatic rings. The van der Waals surface area contributed by atoms with E-state index >= 15 is 0 Å². The van der Waals surface area contributed by atoms with Crippen LogP contribution in [0.3, 0.4) is 0 Å². The number of carbonyl (C=O) groups excluding carboxylic acids is 2. The molecule has 0 amide bonds. The number of carbonyl (C=O) groups is 2. The Kier molecular flexibility index (Phi) is 27.2. The molecule has 0 bridgehead atoms. The maximum atomic E-state index is 13.2. The minimum absolute atomic E-state index is 0.0610. The lowest BCUT2D eigenvalue weighted by atomic mass is 9.80. The van der Waals surface area contributed by atoms with E-state index in [4.69, 9.17) is 9.47 Å². The Hall–Kier alpha value is -1.62. The summed E-state index contributed by atoms with van der Waals surface area (Å²) < 4.78 is 11.7. The molecule has 0 aromatic carbocycles. The SMILES string of the molecule is CCCCC/C=C\C/C=C\CCCCCCCC(=O)OCCC(CCCCCCCCCCCC)OC(=O)C1(C)CCN(C)CC1. The molecule has 0 aliphatic carbocycles. The molecule has 0 spiro atoms. The van der Waals surface area contributed by atoms with E-state index in [2.05, 4.69) is 57.0 Å². The van der Waals surface area contributed by atoms with Gasteiger partial charge in [-0.3, -0.25) is 9.59 Å². The van der Waals surface area contributed by atoms with E-state index in [9.17, 15) is 9.59 Å². The molecule has 0 saturated carbocycles. The highest BCUT2D eigenvalue weighted by Gasteiger charge is 2.38. The monoisotopic (exact) mass is 646 g/mol. The summed E-state index contributed by atoms with van der Waals surface area (Å²) in [6.45, 7) is 8.78. The largest absolute Gasteiger partial charge is 0.466 e. The van der Waals surface area contributed by atoms with Crippen LogP contribution in [-0.2, 0) is 19.1 Å². The molecule has 0 aromatic heterocycles. The first kappa shape index (κ1) is 42.4. The number of piperidine rings is 1. The summed E-state index contributed by atoms with van der Waals surface area (Å²) in [7, 11) is 2.11. The second kappa shape index (κ2) is 29.5. The normalized spacial score (nSPS) is 15.9.